The highest BCUT2D eigenvalue weighted by Crippen LogP contribution is 2.25. The van der Waals surface area contributed by atoms with Crippen molar-refractivity contribution in [3.63, 3.8) is 0 Å². The number of nitrogens with zero attached hydrogens (tertiary/aromatic N) is 4. The van der Waals surface area contributed by atoms with Crippen molar-refractivity contribution in [3.05, 3.63) is 52.1 Å². The van der Waals surface area contributed by atoms with Crippen molar-refractivity contribution in [1.29, 1.82) is 0 Å². The molecule has 1 saturated heterocycles. The Morgan fingerprint density at radius 1 is 1.12 bits per heavy atom. The van der Waals surface area contributed by atoms with Crippen LogP contribution in [0.4, 0.5) is 11.8 Å². The number of aromatic nitrogens is 3. The van der Waals surface area contributed by atoms with E-state index in [9.17, 15) is 0 Å². The first-order valence-corrected chi connectivity index (χ1v) is 9.22. The third kappa shape index (κ3) is 3.67. The molecule has 0 amide bonds. The molecule has 1 aromatic carbocycles. The monoisotopic (exact) mass is 388 g/mol. The summed E-state index contributed by atoms with van der Waals surface area (Å²) in [6, 6.07) is 9.34. The Bertz CT molecular complexity index is 927. The number of pyridine rings is 1. The van der Waals surface area contributed by atoms with E-state index in [1.165, 1.54) is 0 Å². The van der Waals surface area contributed by atoms with E-state index in [1.807, 2.05) is 24.3 Å². The Kier molecular flexibility index (Phi) is 5.06. The van der Waals surface area contributed by atoms with Crippen LogP contribution < -0.4 is 15.5 Å². The summed E-state index contributed by atoms with van der Waals surface area (Å²) in [5, 5.41) is 8.86. The fraction of sp³-hybridized carbons (Fsp3) is 0.278. The molecule has 2 N–H and O–H groups in total. The van der Waals surface area contributed by atoms with Gasteiger partial charge in [0.05, 0.1) is 5.39 Å². The minimum Gasteiger partial charge on any atom is -0.365 e. The zero-order chi connectivity index (χ0) is 17.9. The molecule has 134 valence electrons. The molecule has 0 spiro atoms. The maximum absolute atomic E-state index is 6.28. The zero-order valence-electron chi connectivity index (χ0n) is 14.0. The van der Waals surface area contributed by atoms with Gasteiger partial charge in [-0.05, 0) is 29.8 Å². The van der Waals surface area contributed by atoms with Crippen LogP contribution in [0.5, 0.6) is 0 Å². The number of benzene rings is 1. The van der Waals surface area contributed by atoms with Crippen LogP contribution in [0.15, 0.2) is 36.5 Å². The van der Waals surface area contributed by atoms with Crippen LogP contribution in [0.2, 0.25) is 10.0 Å². The van der Waals surface area contributed by atoms with E-state index in [0.717, 1.165) is 42.9 Å². The highest BCUT2D eigenvalue weighted by atomic mass is 35.5. The van der Waals surface area contributed by atoms with Crippen molar-refractivity contribution < 1.29 is 0 Å². The number of anilines is 2. The van der Waals surface area contributed by atoms with Crippen molar-refractivity contribution in [2.75, 3.05) is 36.4 Å². The highest BCUT2D eigenvalue weighted by molar-refractivity contribution is 6.35. The van der Waals surface area contributed by atoms with Crippen molar-refractivity contribution in [3.8, 4) is 0 Å². The smallest absolute Gasteiger partial charge is 0.229 e. The third-order valence-corrected chi connectivity index (χ3v) is 4.91. The molecule has 0 bridgehead atoms. The van der Waals surface area contributed by atoms with Crippen molar-refractivity contribution in [2.45, 2.75) is 6.54 Å². The predicted molar refractivity (Wildman–Crippen MR) is 106 cm³/mol. The van der Waals surface area contributed by atoms with Crippen LogP contribution in [0.1, 0.15) is 5.56 Å². The Balaban J connectivity index is 1.66. The van der Waals surface area contributed by atoms with Gasteiger partial charge in [-0.3, -0.25) is 0 Å². The van der Waals surface area contributed by atoms with E-state index in [1.54, 1.807) is 12.3 Å². The molecule has 0 aliphatic carbocycles. The lowest BCUT2D eigenvalue weighted by Gasteiger charge is -2.27. The molecule has 0 radical (unpaired) electrons. The zero-order valence-corrected chi connectivity index (χ0v) is 15.6. The SMILES string of the molecule is Clc1ccc(CNc2nc(N3CCNCC3)nc3ncccc23)c(Cl)c1. The second-order valence-corrected chi connectivity index (χ2v) is 6.92. The molecule has 3 aromatic rings. The minimum atomic E-state index is 0.540. The molecule has 0 saturated carbocycles. The van der Waals surface area contributed by atoms with Gasteiger partial charge in [0.25, 0.3) is 0 Å². The molecule has 8 heteroatoms. The molecule has 4 rings (SSSR count). The lowest BCUT2D eigenvalue weighted by atomic mass is 10.2. The first-order chi connectivity index (χ1) is 12.7. The Hall–Kier alpha value is -2.15. The van der Waals surface area contributed by atoms with E-state index in [4.69, 9.17) is 28.2 Å². The van der Waals surface area contributed by atoms with Gasteiger partial charge in [-0.25, -0.2) is 4.98 Å². The van der Waals surface area contributed by atoms with Gasteiger partial charge < -0.3 is 15.5 Å². The number of hydrogen-bond acceptors (Lipinski definition) is 6. The first kappa shape index (κ1) is 17.3. The van der Waals surface area contributed by atoms with E-state index in [-0.39, 0.29) is 0 Å². The third-order valence-electron chi connectivity index (χ3n) is 4.32. The van der Waals surface area contributed by atoms with Gasteiger partial charge in [0, 0.05) is 49.0 Å². The largest absolute Gasteiger partial charge is 0.365 e. The minimum absolute atomic E-state index is 0.540. The van der Waals surface area contributed by atoms with Gasteiger partial charge in [-0.2, -0.15) is 9.97 Å². The van der Waals surface area contributed by atoms with Gasteiger partial charge in [0.15, 0.2) is 5.65 Å². The lowest BCUT2D eigenvalue weighted by molar-refractivity contribution is 0.580. The molecular weight excluding hydrogens is 371 g/mol. The van der Waals surface area contributed by atoms with Crippen LogP contribution in [0.25, 0.3) is 11.0 Å². The topological polar surface area (TPSA) is 66.0 Å². The predicted octanol–water partition coefficient (Wildman–Crippen LogP) is 3.35. The summed E-state index contributed by atoms with van der Waals surface area (Å²) in [7, 11) is 0. The Morgan fingerprint density at radius 3 is 2.77 bits per heavy atom. The average Bonchev–Trinajstić information content (AvgIpc) is 2.67. The number of piperazine rings is 1. The molecule has 26 heavy (non-hydrogen) atoms. The average molecular weight is 389 g/mol. The normalized spacial score (nSPS) is 14.6. The van der Waals surface area contributed by atoms with Crippen LogP contribution >= 0.6 is 23.2 Å². The molecule has 6 nitrogen and oxygen atoms in total. The number of fused-ring (bicyclic) bond motifs is 1. The molecule has 3 heterocycles. The lowest BCUT2D eigenvalue weighted by Crippen LogP contribution is -2.44. The molecule has 1 aliphatic rings. The summed E-state index contributed by atoms with van der Waals surface area (Å²) >= 11 is 12.3. The van der Waals surface area contributed by atoms with Gasteiger partial charge in [-0.1, -0.05) is 29.3 Å². The second-order valence-electron chi connectivity index (χ2n) is 6.07. The van der Waals surface area contributed by atoms with E-state index < -0.39 is 0 Å². The summed E-state index contributed by atoms with van der Waals surface area (Å²) in [6.07, 6.45) is 1.75. The van der Waals surface area contributed by atoms with Crippen molar-refractivity contribution in [1.82, 2.24) is 20.3 Å². The molecule has 0 unspecified atom stereocenters. The van der Waals surface area contributed by atoms with Gasteiger partial charge in [0.1, 0.15) is 5.82 Å². The standard InChI is InChI=1S/C18H18Cl2N6/c19-13-4-3-12(15(20)10-13)11-23-17-14-2-1-5-22-16(14)24-18(25-17)26-8-6-21-7-9-26/h1-5,10,21H,6-9,11H2,(H,22,23,24,25). The molecule has 1 fully saturated rings. The summed E-state index contributed by atoms with van der Waals surface area (Å²) < 4.78 is 0. The fourth-order valence-corrected chi connectivity index (χ4v) is 3.41. The first-order valence-electron chi connectivity index (χ1n) is 8.47. The molecule has 0 atom stereocenters. The highest BCUT2D eigenvalue weighted by Gasteiger charge is 2.16. The van der Waals surface area contributed by atoms with E-state index in [2.05, 4.69) is 25.5 Å². The number of nitrogens with one attached hydrogen (secondary N) is 2. The maximum atomic E-state index is 6.28. The van der Waals surface area contributed by atoms with Crippen LogP contribution in [-0.4, -0.2) is 41.1 Å². The summed E-state index contributed by atoms with van der Waals surface area (Å²) in [5.41, 5.74) is 1.64. The van der Waals surface area contributed by atoms with Crippen LogP contribution in [0.3, 0.4) is 0 Å². The fourth-order valence-electron chi connectivity index (χ4n) is 2.94. The van der Waals surface area contributed by atoms with Gasteiger partial charge in [0.2, 0.25) is 5.95 Å². The summed E-state index contributed by atoms with van der Waals surface area (Å²) in [6.45, 7) is 4.14. The molecular formula is C18H18Cl2N6. The quantitative estimate of drug-likeness (QED) is 0.714. The Labute approximate surface area is 161 Å². The van der Waals surface area contributed by atoms with E-state index >= 15 is 0 Å². The molecule has 1 aliphatic heterocycles. The van der Waals surface area contributed by atoms with Gasteiger partial charge >= 0.3 is 0 Å². The van der Waals surface area contributed by atoms with E-state index in [0.29, 0.717) is 28.2 Å². The van der Waals surface area contributed by atoms with Crippen molar-refractivity contribution >= 4 is 46.0 Å². The summed E-state index contributed by atoms with van der Waals surface area (Å²) in [4.78, 5) is 16.0. The van der Waals surface area contributed by atoms with Crippen LogP contribution in [0, 0.1) is 0 Å². The van der Waals surface area contributed by atoms with Crippen LogP contribution in [-0.2, 0) is 6.54 Å². The van der Waals surface area contributed by atoms with Crippen molar-refractivity contribution in [2.24, 2.45) is 0 Å². The summed E-state index contributed by atoms with van der Waals surface area (Å²) in [5.74, 6) is 1.45. The Morgan fingerprint density at radius 2 is 1.96 bits per heavy atom. The van der Waals surface area contributed by atoms with Gasteiger partial charge in [-0.15, -0.1) is 0 Å². The number of rotatable bonds is 4. The number of hydrogen-bond donors (Lipinski definition) is 2. The number of halogens is 2. The molecule has 2 aromatic heterocycles. The maximum Gasteiger partial charge on any atom is 0.229 e. The second kappa shape index (κ2) is 7.61.